The molecular formula is C47H52O11. The van der Waals surface area contributed by atoms with Gasteiger partial charge in [-0.05, 0) is 27.8 Å². The van der Waals surface area contributed by atoms with Gasteiger partial charge in [0, 0.05) is 0 Å². The molecule has 10 atom stereocenters. The Labute approximate surface area is 339 Å². The van der Waals surface area contributed by atoms with Crippen molar-refractivity contribution >= 4 is 0 Å². The summed E-state index contributed by atoms with van der Waals surface area (Å²) in [5.41, 5.74) is 4.64. The lowest BCUT2D eigenvalue weighted by atomic mass is 9.96. The molecule has 0 aromatic heterocycles. The molecule has 2 aliphatic heterocycles. The van der Waals surface area contributed by atoms with Crippen LogP contribution in [0.3, 0.4) is 0 Å². The fraction of sp³-hybridized carbons (Fsp3) is 0.362. The zero-order valence-electron chi connectivity index (χ0n) is 32.3. The molecule has 0 saturated carbocycles. The second-order valence-corrected chi connectivity index (χ2v) is 14.4. The van der Waals surface area contributed by atoms with Crippen molar-refractivity contribution in [1.82, 2.24) is 0 Å². The van der Waals surface area contributed by atoms with Gasteiger partial charge in [-0.1, -0.05) is 152 Å². The highest BCUT2D eigenvalue weighted by Gasteiger charge is 2.53. The Morgan fingerprint density at radius 3 is 1.26 bits per heavy atom. The summed E-state index contributed by atoms with van der Waals surface area (Å²) in [5.74, 6) is 0. The zero-order valence-corrected chi connectivity index (χ0v) is 32.3. The minimum atomic E-state index is -1.61. The van der Waals surface area contributed by atoms with Gasteiger partial charge < -0.3 is 53.2 Å². The maximum atomic E-state index is 11.5. The fourth-order valence-corrected chi connectivity index (χ4v) is 7.17. The summed E-state index contributed by atoms with van der Waals surface area (Å²) in [6.45, 7) is 0.620. The summed E-state index contributed by atoms with van der Waals surface area (Å²) in [7, 11) is 0. The molecule has 0 unspecified atom stereocenters. The minimum absolute atomic E-state index is 0.0949. The van der Waals surface area contributed by atoms with E-state index in [0.717, 1.165) is 27.8 Å². The Morgan fingerprint density at radius 1 is 0.414 bits per heavy atom. The zero-order chi connectivity index (χ0) is 39.9. The lowest BCUT2D eigenvalue weighted by molar-refractivity contribution is -0.376. The van der Waals surface area contributed by atoms with Crippen molar-refractivity contribution in [1.29, 1.82) is 0 Å². The lowest BCUT2D eigenvalue weighted by Gasteiger charge is -2.49. The minimum Gasteiger partial charge on any atom is -0.394 e. The average molecular weight is 793 g/mol. The van der Waals surface area contributed by atoms with Crippen molar-refractivity contribution in [3.05, 3.63) is 179 Å². The van der Waals surface area contributed by atoms with E-state index in [4.69, 9.17) is 37.9 Å². The normalized spacial score (nSPS) is 27.3. The van der Waals surface area contributed by atoms with E-state index in [9.17, 15) is 15.3 Å². The number of hydrogen-bond donors (Lipinski definition) is 3. The lowest BCUT2D eigenvalue weighted by Crippen LogP contribution is -2.65. The van der Waals surface area contributed by atoms with E-state index in [1.165, 1.54) is 0 Å². The van der Waals surface area contributed by atoms with Gasteiger partial charge in [0.2, 0.25) is 0 Å². The number of rotatable bonds is 19. The van der Waals surface area contributed by atoms with E-state index >= 15 is 0 Å². The first-order valence-electron chi connectivity index (χ1n) is 19.7. The van der Waals surface area contributed by atoms with Crippen LogP contribution < -0.4 is 0 Å². The fourth-order valence-electron chi connectivity index (χ4n) is 7.17. The van der Waals surface area contributed by atoms with Crippen molar-refractivity contribution in [2.24, 2.45) is 0 Å². The second kappa shape index (κ2) is 21.6. The standard InChI is InChI=1S/C47H52O11/c48-26-38-40(49)42(53-29-35-20-10-3-11-21-35)44(46(50)56-38)58-47-45(55-31-37-24-14-5-15-25-37)43(54-30-36-22-12-4-13-23-36)41(52-28-34-18-8-2-9-19-34)39(57-47)32-51-27-33-16-6-1-7-17-33/h1-25,38-50H,26-32H2/t38-,39-,40+,41-,42+,43+,44-,45-,46-,47-/m1/s1. The monoisotopic (exact) mass is 792 g/mol. The van der Waals surface area contributed by atoms with Crippen LogP contribution in [0.4, 0.5) is 0 Å². The Bertz CT molecular complexity index is 1870. The number of benzene rings is 5. The Kier molecular flexibility index (Phi) is 15.6. The van der Waals surface area contributed by atoms with Gasteiger partial charge in [-0.25, -0.2) is 0 Å². The highest BCUT2D eigenvalue weighted by Crippen LogP contribution is 2.35. The molecule has 0 spiro atoms. The Balaban J connectivity index is 1.23. The Hall–Kier alpha value is -4.34. The third-order valence-corrected chi connectivity index (χ3v) is 10.2. The molecule has 306 valence electrons. The molecule has 0 radical (unpaired) electrons. The topological polar surface area (TPSA) is 135 Å². The van der Waals surface area contributed by atoms with Crippen LogP contribution in [0.15, 0.2) is 152 Å². The van der Waals surface area contributed by atoms with Crippen LogP contribution in [0, 0.1) is 0 Å². The Morgan fingerprint density at radius 2 is 0.810 bits per heavy atom. The largest absolute Gasteiger partial charge is 0.394 e. The van der Waals surface area contributed by atoms with Gasteiger partial charge >= 0.3 is 0 Å². The third kappa shape index (κ3) is 11.4. The van der Waals surface area contributed by atoms with Gasteiger partial charge in [-0.3, -0.25) is 0 Å². The molecule has 3 N–H and O–H groups in total. The summed E-state index contributed by atoms with van der Waals surface area (Å²) >= 11 is 0. The van der Waals surface area contributed by atoms with Crippen LogP contribution in [0.1, 0.15) is 27.8 Å². The molecule has 11 nitrogen and oxygen atoms in total. The first-order valence-corrected chi connectivity index (χ1v) is 19.7. The average Bonchev–Trinajstić information content (AvgIpc) is 3.27. The molecule has 2 saturated heterocycles. The van der Waals surface area contributed by atoms with Crippen molar-refractivity contribution in [3.63, 3.8) is 0 Å². The molecule has 0 amide bonds. The predicted molar refractivity (Wildman–Crippen MR) is 214 cm³/mol. The van der Waals surface area contributed by atoms with Crippen LogP contribution in [0.2, 0.25) is 0 Å². The molecule has 58 heavy (non-hydrogen) atoms. The predicted octanol–water partition coefficient (Wildman–Crippen LogP) is 5.73. The number of aliphatic hydroxyl groups is 3. The van der Waals surface area contributed by atoms with Crippen molar-refractivity contribution in [2.45, 2.75) is 94.4 Å². The van der Waals surface area contributed by atoms with E-state index in [1.54, 1.807) is 0 Å². The van der Waals surface area contributed by atoms with Crippen LogP contribution in [0.25, 0.3) is 0 Å². The van der Waals surface area contributed by atoms with Gasteiger partial charge in [0.05, 0.1) is 46.2 Å². The second-order valence-electron chi connectivity index (χ2n) is 14.4. The van der Waals surface area contributed by atoms with E-state index in [2.05, 4.69) is 0 Å². The van der Waals surface area contributed by atoms with Crippen molar-refractivity contribution < 1.29 is 53.2 Å². The van der Waals surface area contributed by atoms with E-state index < -0.39 is 68.0 Å². The summed E-state index contributed by atoms with van der Waals surface area (Å²) in [6, 6.07) is 48.7. The van der Waals surface area contributed by atoms with E-state index in [1.807, 2.05) is 152 Å². The first kappa shape index (κ1) is 41.8. The van der Waals surface area contributed by atoms with E-state index in [-0.39, 0.29) is 33.0 Å². The van der Waals surface area contributed by atoms with Gasteiger partial charge in [-0.2, -0.15) is 0 Å². The third-order valence-electron chi connectivity index (χ3n) is 10.2. The number of hydrogen-bond acceptors (Lipinski definition) is 11. The summed E-state index contributed by atoms with van der Waals surface area (Å²) in [4.78, 5) is 0. The highest BCUT2D eigenvalue weighted by molar-refractivity contribution is 5.17. The molecule has 11 heteroatoms. The first-order chi connectivity index (χ1) is 28.6. The summed E-state index contributed by atoms with van der Waals surface area (Å²) in [6.07, 6.45) is -10.9. The summed E-state index contributed by atoms with van der Waals surface area (Å²) < 4.78 is 52.2. The van der Waals surface area contributed by atoms with Crippen LogP contribution in [0.5, 0.6) is 0 Å². The van der Waals surface area contributed by atoms with Gasteiger partial charge in [0.25, 0.3) is 0 Å². The van der Waals surface area contributed by atoms with Gasteiger partial charge in [-0.15, -0.1) is 0 Å². The molecule has 2 heterocycles. The van der Waals surface area contributed by atoms with Gasteiger partial charge in [0.15, 0.2) is 12.6 Å². The summed E-state index contributed by atoms with van der Waals surface area (Å²) in [5, 5.41) is 33.0. The molecule has 0 aliphatic carbocycles. The molecular weight excluding hydrogens is 741 g/mol. The molecule has 2 aliphatic rings. The van der Waals surface area contributed by atoms with Crippen LogP contribution >= 0.6 is 0 Å². The molecule has 0 bridgehead atoms. The van der Waals surface area contributed by atoms with Crippen molar-refractivity contribution in [2.75, 3.05) is 13.2 Å². The van der Waals surface area contributed by atoms with Crippen LogP contribution in [-0.2, 0) is 70.9 Å². The smallest absolute Gasteiger partial charge is 0.187 e. The molecule has 2 fully saturated rings. The van der Waals surface area contributed by atoms with Crippen LogP contribution in [-0.4, -0.2) is 89.9 Å². The molecule has 5 aromatic carbocycles. The SMILES string of the molecule is OC[C@H]1O[C@@H](O)[C@H](O[C@H]2O[C@H](COCc3ccccc3)[C@@H](OCc3ccccc3)[C@H](OCc3ccccc3)[C@H]2OCc2ccccc2)[C@@H](OCc2ccccc2)[C@H]1O. The quantitative estimate of drug-likeness (QED) is 0.0948. The number of ether oxygens (including phenoxy) is 8. The molecule has 7 rings (SSSR count). The van der Waals surface area contributed by atoms with E-state index in [0.29, 0.717) is 6.61 Å². The highest BCUT2D eigenvalue weighted by atomic mass is 16.8. The molecule has 5 aromatic rings. The van der Waals surface area contributed by atoms with Crippen molar-refractivity contribution in [3.8, 4) is 0 Å². The van der Waals surface area contributed by atoms with Gasteiger partial charge in [0.1, 0.15) is 48.8 Å². The maximum absolute atomic E-state index is 11.5. The number of aliphatic hydroxyl groups excluding tert-OH is 3. The maximum Gasteiger partial charge on any atom is 0.187 e.